The van der Waals surface area contributed by atoms with Gasteiger partial charge in [0.15, 0.2) is 0 Å². The van der Waals surface area contributed by atoms with E-state index in [1.54, 1.807) is 0 Å². The van der Waals surface area contributed by atoms with Crippen LogP contribution in [0.5, 0.6) is 11.5 Å². The van der Waals surface area contributed by atoms with Crippen molar-refractivity contribution in [3.05, 3.63) is 94.7 Å². The molecule has 4 rings (SSSR count). The third-order valence-corrected chi connectivity index (χ3v) is 6.46. The highest BCUT2D eigenvalue weighted by atomic mass is 16.5. The molecule has 9 nitrogen and oxygen atoms in total. The van der Waals surface area contributed by atoms with Crippen molar-refractivity contribution in [1.82, 2.24) is 10.3 Å². The molecular weight excluding hydrogens is 536 g/mol. The quantitative estimate of drug-likeness (QED) is 0.103. The van der Waals surface area contributed by atoms with Crippen molar-refractivity contribution in [2.45, 2.75) is 59.2 Å². The van der Waals surface area contributed by atoms with Crippen LogP contribution in [0.3, 0.4) is 0 Å². The van der Waals surface area contributed by atoms with Crippen molar-refractivity contribution >= 4 is 0 Å². The van der Waals surface area contributed by atoms with Crippen LogP contribution in [0.25, 0.3) is 0 Å². The van der Waals surface area contributed by atoms with Crippen molar-refractivity contribution in [2.24, 2.45) is 0 Å². The fourth-order valence-corrected chi connectivity index (χ4v) is 4.15. The predicted octanol–water partition coefficient (Wildman–Crippen LogP) is 6.44. The molecule has 0 atom stereocenters. The lowest BCUT2D eigenvalue weighted by Gasteiger charge is -2.08. The summed E-state index contributed by atoms with van der Waals surface area (Å²) in [5, 5.41) is 8.03. The summed E-state index contributed by atoms with van der Waals surface area (Å²) < 4.78 is 38.9. The Morgan fingerprint density at radius 3 is 1.95 bits per heavy atom. The van der Waals surface area contributed by atoms with Gasteiger partial charge in [0.2, 0.25) is 0 Å². The Morgan fingerprint density at radius 1 is 0.571 bits per heavy atom. The number of benzene rings is 2. The fourth-order valence-electron chi connectivity index (χ4n) is 4.15. The number of aromatic nitrogens is 2. The lowest BCUT2D eigenvalue weighted by molar-refractivity contribution is 0.0288. The monoisotopic (exact) mass is 578 g/mol. The maximum Gasteiger partial charge on any atom is 0.137 e. The molecule has 0 unspecified atom stereocenters. The molecular formula is C33H42N2O7. The van der Waals surface area contributed by atoms with Crippen LogP contribution in [0.15, 0.2) is 69.7 Å². The minimum absolute atomic E-state index is 0.419. The van der Waals surface area contributed by atoms with E-state index in [0.29, 0.717) is 46.2 Å². The summed E-state index contributed by atoms with van der Waals surface area (Å²) in [6, 6.07) is 20.1. The highest BCUT2D eigenvalue weighted by Gasteiger charge is 2.06. The molecule has 0 spiro atoms. The van der Waals surface area contributed by atoms with Crippen molar-refractivity contribution < 1.29 is 32.7 Å². The van der Waals surface area contributed by atoms with Gasteiger partial charge in [-0.1, -0.05) is 40.1 Å². The minimum atomic E-state index is 0.419. The van der Waals surface area contributed by atoms with Gasteiger partial charge in [0.25, 0.3) is 0 Å². The second-order valence-corrected chi connectivity index (χ2v) is 10.1. The normalized spacial score (nSPS) is 11.2. The van der Waals surface area contributed by atoms with Gasteiger partial charge in [-0.05, 0) is 69.4 Å². The first-order valence-corrected chi connectivity index (χ1v) is 14.6. The first-order valence-electron chi connectivity index (χ1n) is 14.6. The SMILES string of the molecule is Cc1ccc(OCCCCCOCc2cc(CCc3ccc(OCCOCCOCc4cc(C)on4)cc3)on2)cc1. The van der Waals surface area contributed by atoms with Gasteiger partial charge in [-0.25, -0.2) is 0 Å². The van der Waals surface area contributed by atoms with Crippen LogP contribution < -0.4 is 9.47 Å². The number of unbranched alkanes of at least 4 members (excludes halogenated alkanes) is 2. The van der Waals surface area contributed by atoms with E-state index in [-0.39, 0.29) is 0 Å². The Labute approximate surface area is 248 Å². The zero-order chi connectivity index (χ0) is 29.2. The Kier molecular flexibility index (Phi) is 13.4. The Hall–Kier alpha value is -3.66. The van der Waals surface area contributed by atoms with Crippen molar-refractivity contribution in [3.8, 4) is 11.5 Å². The molecule has 0 fully saturated rings. The number of rotatable bonds is 21. The molecule has 2 aromatic carbocycles. The van der Waals surface area contributed by atoms with Gasteiger partial charge in [-0.2, -0.15) is 0 Å². The molecule has 0 N–H and O–H groups in total. The molecule has 2 aromatic heterocycles. The molecule has 0 aliphatic heterocycles. The second-order valence-electron chi connectivity index (χ2n) is 10.1. The van der Waals surface area contributed by atoms with Crippen LogP contribution >= 0.6 is 0 Å². The minimum Gasteiger partial charge on any atom is -0.494 e. The van der Waals surface area contributed by atoms with Crippen LogP contribution in [0.1, 0.15) is 53.3 Å². The smallest absolute Gasteiger partial charge is 0.137 e. The molecule has 226 valence electrons. The molecule has 4 aromatic rings. The molecule has 0 radical (unpaired) electrons. The largest absolute Gasteiger partial charge is 0.494 e. The molecule has 2 heterocycles. The number of hydrogen-bond acceptors (Lipinski definition) is 9. The maximum atomic E-state index is 5.77. The highest BCUT2D eigenvalue weighted by Crippen LogP contribution is 2.16. The van der Waals surface area contributed by atoms with E-state index in [1.807, 2.05) is 43.3 Å². The summed E-state index contributed by atoms with van der Waals surface area (Å²) in [4.78, 5) is 0. The van der Waals surface area contributed by atoms with Crippen molar-refractivity contribution in [2.75, 3.05) is 39.6 Å². The fraction of sp³-hybridized carbons (Fsp3) is 0.455. The summed E-state index contributed by atoms with van der Waals surface area (Å²) >= 11 is 0. The molecule has 0 bridgehead atoms. The third-order valence-electron chi connectivity index (χ3n) is 6.46. The standard InChI is InChI=1S/C33H42N2O7/c1-26-6-11-31(12-7-26)39-17-5-3-4-16-37-25-30-23-33(42-35-30)15-10-28-8-13-32(14-9-28)40-21-20-36-18-19-38-24-29-22-27(2)41-34-29/h6-9,11-14,22-23H,3-5,10,15-21,24-25H2,1-2H3. The van der Waals surface area contributed by atoms with Crippen molar-refractivity contribution in [1.29, 1.82) is 0 Å². The molecule has 0 saturated carbocycles. The van der Waals surface area contributed by atoms with Crippen LogP contribution in [0.2, 0.25) is 0 Å². The molecule has 0 aliphatic carbocycles. The van der Waals surface area contributed by atoms with Gasteiger partial charge in [0, 0.05) is 25.2 Å². The van der Waals surface area contributed by atoms with Crippen molar-refractivity contribution in [3.63, 3.8) is 0 Å². The number of hydrogen-bond donors (Lipinski definition) is 0. The van der Waals surface area contributed by atoms with E-state index in [9.17, 15) is 0 Å². The number of ether oxygens (including phenoxy) is 5. The Morgan fingerprint density at radius 2 is 1.19 bits per heavy atom. The van der Waals surface area contributed by atoms with E-state index in [2.05, 4.69) is 41.5 Å². The lowest BCUT2D eigenvalue weighted by atomic mass is 10.1. The topological polar surface area (TPSA) is 98.2 Å². The van der Waals surface area contributed by atoms with Gasteiger partial charge in [-0.3, -0.25) is 0 Å². The van der Waals surface area contributed by atoms with Crippen LogP contribution in [0.4, 0.5) is 0 Å². The maximum absolute atomic E-state index is 5.77. The summed E-state index contributed by atoms with van der Waals surface area (Å²) in [6.45, 7) is 8.21. The Balaban J connectivity index is 0.981. The first-order chi connectivity index (χ1) is 20.6. The highest BCUT2D eigenvalue weighted by molar-refractivity contribution is 5.28. The van der Waals surface area contributed by atoms with Crippen LogP contribution in [-0.4, -0.2) is 50.0 Å². The lowest BCUT2D eigenvalue weighted by Crippen LogP contribution is -2.10. The van der Waals surface area contributed by atoms with Gasteiger partial charge in [0.05, 0.1) is 39.6 Å². The van der Waals surface area contributed by atoms with Crippen LogP contribution in [-0.2, 0) is 40.3 Å². The van der Waals surface area contributed by atoms with Gasteiger partial charge in [0.1, 0.15) is 41.0 Å². The molecule has 0 amide bonds. The third kappa shape index (κ3) is 12.1. The van der Waals surface area contributed by atoms with E-state index < -0.39 is 0 Å². The zero-order valence-electron chi connectivity index (χ0n) is 24.7. The average molecular weight is 579 g/mol. The predicted molar refractivity (Wildman–Crippen MR) is 158 cm³/mol. The summed E-state index contributed by atoms with van der Waals surface area (Å²) in [5.41, 5.74) is 4.06. The number of aryl methyl sites for hydroxylation is 4. The van der Waals surface area contributed by atoms with Gasteiger partial charge in [-0.15, -0.1) is 0 Å². The molecule has 9 heteroatoms. The zero-order valence-corrected chi connectivity index (χ0v) is 24.7. The van der Waals surface area contributed by atoms with E-state index in [1.165, 1.54) is 11.1 Å². The average Bonchev–Trinajstić information content (AvgIpc) is 3.64. The molecule has 0 aliphatic rings. The second kappa shape index (κ2) is 18.0. The van der Waals surface area contributed by atoms with E-state index in [4.69, 9.17) is 32.7 Å². The van der Waals surface area contributed by atoms with Gasteiger partial charge >= 0.3 is 0 Å². The van der Waals surface area contributed by atoms with Gasteiger partial charge < -0.3 is 32.7 Å². The molecule has 42 heavy (non-hydrogen) atoms. The summed E-state index contributed by atoms with van der Waals surface area (Å²) in [5.74, 6) is 3.38. The first kappa shape index (κ1) is 31.3. The molecule has 0 saturated heterocycles. The summed E-state index contributed by atoms with van der Waals surface area (Å²) in [7, 11) is 0. The van der Waals surface area contributed by atoms with E-state index >= 15 is 0 Å². The Bertz CT molecular complexity index is 1270. The van der Waals surface area contributed by atoms with Crippen LogP contribution in [0, 0.1) is 13.8 Å². The van der Waals surface area contributed by atoms with E-state index in [0.717, 1.165) is 73.1 Å². The summed E-state index contributed by atoms with van der Waals surface area (Å²) in [6.07, 6.45) is 4.71. The number of nitrogens with zero attached hydrogens (tertiary/aromatic N) is 2.